The lowest BCUT2D eigenvalue weighted by atomic mass is 9.91. The van der Waals surface area contributed by atoms with Crippen LogP contribution in [0.15, 0.2) is 36.4 Å². The number of nitrogens with zero attached hydrogens (tertiary/aromatic N) is 1. The van der Waals surface area contributed by atoms with Gasteiger partial charge in [0.15, 0.2) is 0 Å². The highest BCUT2D eigenvalue weighted by Crippen LogP contribution is 2.44. The van der Waals surface area contributed by atoms with Gasteiger partial charge in [-0.1, -0.05) is 30.4 Å². The van der Waals surface area contributed by atoms with Crippen molar-refractivity contribution in [1.29, 1.82) is 0 Å². The molecule has 4 atom stereocenters. The highest BCUT2D eigenvalue weighted by Gasteiger charge is 2.41. The number of para-hydroxylation sites is 1. The molecule has 0 aliphatic heterocycles. The quantitative estimate of drug-likeness (QED) is 0.858. The number of allylic oxidation sites excluding steroid dienone is 2. The van der Waals surface area contributed by atoms with Crippen molar-refractivity contribution >= 4 is 5.91 Å². The van der Waals surface area contributed by atoms with E-state index in [0.717, 1.165) is 18.4 Å². The molecule has 2 aliphatic carbocycles. The highest BCUT2D eigenvalue weighted by atomic mass is 16.3. The van der Waals surface area contributed by atoms with Gasteiger partial charge in [-0.25, -0.2) is 0 Å². The van der Waals surface area contributed by atoms with Crippen molar-refractivity contribution < 1.29 is 9.90 Å². The van der Waals surface area contributed by atoms with E-state index in [1.807, 2.05) is 26.1 Å². The average molecular weight is 271 g/mol. The summed E-state index contributed by atoms with van der Waals surface area (Å²) >= 11 is 0. The first-order valence-electron chi connectivity index (χ1n) is 7.31. The SMILES string of the molecule is CC(c1ccccc1O)N(C)C(=O)C1CC2C=CC1C2. The number of hydrogen-bond acceptors (Lipinski definition) is 2. The summed E-state index contributed by atoms with van der Waals surface area (Å²) in [4.78, 5) is 14.5. The van der Waals surface area contributed by atoms with Crippen molar-refractivity contribution in [3.63, 3.8) is 0 Å². The van der Waals surface area contributed by atoms with Crippen molar-refractivity contribution in [3.8, 4) is 5.75 Å². The Hall–Kier alpha value is -1.77. The summed E-state index contributed by atoms with van der Waals surface area (Å²) in [6, 6.07) is 7.14. The molecule has 2 aliphatic rings. The number of aromatic hydroxyl groups is 1. The molecule has 3 heteroatoms. The lowest BCUT2D eigenvalue weighted by Gasteiger charge is -2.30. The lowest BCUT2D eigenvalue weighted by molar-refractivity contribution is -0.137. The smallest absolute Gasteiger partial charge is 0.226 e. The molecule has 1 fully saturated rings. The summed E-state index contributed by atoms with van der Waals surface area (Å²) in [5, 5.41) is 9.93. The van der Waals surface area contributed by atoms with E-state index in [1.54, 1.807) is 17.0 Å². The number of amides is 1. The molecule has 1 amide bonds. The Kier molecular flexibility index (Phi) is 3.28. The van der Waals surface area contributed by atoms with Crippen LogP contribution in [0.5, 0.6) is 5.75 Å². The van der Waals surface area contributed by atoms with E-state index in [0.29, 0.717) is 11.8 Å². The van der Waals surface area contributed by atoms with E-state index in [9.17, 15) is 9.90 Å². The molecule has 0 heterocycles. The van der Waals surface area contributed by atoms with Crippen LogP contribution in [0.2, 0.25) is 0 Å². The molecule has 0 saturated heterocycles. The standard InChI is InChI=1S/C17H21NO2/c1-11(14-5-3-4-6-16(14)19)18(2)17(20)15-10-12-7-8-13(15)9-12/h3-8,11-13,15,19H,9-10H2,1-2H3. The van der Waals surface area contributed by atoms with Crippen LogP contribution in [0.4, 0.5) is 0 Å². The van der Waals surface area contributed by atoms with Crippen molar-refractivity contribution in [1.82, 2.24) is 4.90 Å². The molecule has 0 spiro atoms. The van der Waals surface area contributed by atoms with Crippen molar-refractivity contribution in [2.24, 2.45) is 17.8 Å². The first-order valence-corrected chi connectivity index (χ1v) is 7.31. The molecule has 1 saturated carbocycles. The second kappa shape index (κ2) is 4.97. The summed E-state index contributed by atoms with van der Waals surface area (Å²) < 4.78 is 0. The Balaban J connectivity index is 1.75. The molecular weight excluding hydrogens is 250 g/mol. The summed E-state index contributed by atoms with van der Waals surface area (Å²) in [5.74, 6) is 1.61. The van der Waals surface area contributed by atoms with Crippen LogP contribution < -0.4 is 0 Å². The van der Waals surface area contributed by atoms with Crippen molar-refractivity contribution in [2.45, 2.75) is 25.8 Å². The van der Waals surface area contributed by atoms with E-state index in [1.165, 1.54) is 0 Å². The van der Waals surface area contributed by atoms with Crippen LogP contribution in [0.25, 0.3) is 0 Å². The van der Waals surface area contributed by atoms with Gasteiger partial charge in [0.1, 0.15) is 5.75 Å². The van der Waals surface area contributed by atoms with Crippen LogP contribution in [0, 0.1) is 17.8 Å². The fraction of sp³-hybridized carbons (Fsp3) is 0.471. The Morgan fingerprint density at radius 1 is 1.30 bits per heavy atom. The monoisotopic (exact) mass is 271 g/mol. The maximum absolute atomic E-state index is 12.7. The van der Waals surface area contributed by atoms with Crippen LogP contribution in [0.1, 0.15) is 31.4 Å². The molecule has 1 aromatic carbocycles. The second-order valence-electron chi connectivity index (χ2n) is 6.07. The minimum atomic E-state index is -0.105. The highest BCUT2D eigenvalue weighted by molar-refractivity contribution is 5.80. The normalized spacial score (nSPS) is 28.6. The van der Waals surface area contributed by atoms with Gasteiger partial charge in [-0.3, -0.25) is 4.79 Å². The van der Waals surface area contributed by atoms with Gasteiger partial charge in [0.25, 0.3) is 0 Å². The number of carbonyl (C=O) groups excluding carboxylic acids is 1. The Bertz CT molecular complexity index is 552. The summed E-state index contributed by atoms with van der Waals surface area (Å²) in [7, 11) is 1.84. The zero-order valence-electron chi connectivity index (χ0n) is 12.0. The maximum atomic E-state index is 12.7. The lowest BCUT2D eigenvalue weighted by Crippen LogP contribution is -2.36. The van der Waals surface area contributed by atoms with Gasteiger partial charge in [-0.05, 0) is 37.7 Å². The van der Waals surface area contributed by atoms with Gasteiger partial charge in [0.2, 0.25) is 5.91 Å². The zero-order valence-corrected chi connectivity index (χ0v) is 12.0. The van der Waals surface area contributed by atoms with E-state index in [4.69, 9.17) is 0 Å². The number of phenols is 1. The molecule has 3 rings (SSSR count). The second-order valence-corrected chi connectivity index (χ2v) is 6.07. The van der Waals surface area contributed by atoms with Gasteiger partial charge in [-0.2, -0.15) is 0 Å². The van der Waals surface area contributed by atoms with E-state index >= 15 is 0 Å². The van der Waals surface area contributed by atoms with Gasteiger partial charge < -0.3 is 10.0 Å². The predicted octanol–water partition coefficient (Wildman–Crippen LogP) is 3.12. The van der Waals surface area contributed by atoms with Gasteiger partial charge >= 0.3 is 0 Å². The molecule has 3 nitrogen and oxygen atoms in total. The molecule has 1 aromatic rings. The van der Waals surface area contributed by atoms with E-state index < -0.39 is 0 Å². The third-order valence-corrected chi connectivity index (χ3v) is 4.91. The predicted molar refractivity (Wildman–Crippen MR) is 78.1 cm³/mol. The fourth-order valence-corrected chi connectivity index (χ4v) is 3.57. The number of phenolic OH excluding ortho intramolecular Hbond substituents is 1. The fourth-order valence-electron chi connectivity index (χ4n) is 3.57. The first-order chi connectivity index (χ1) is 9.58. The summed E-state index contributed by atoms with van der Waals surface area (Å²) in [6.45, 7) is 1.97. The minimum absolute atomic E-state index is 0.105. The molecule has 4 unspecified atom stereocenters. The summed E-state index contributed by atoms with van der Waals surface area (Å²) in [6.07, 6.45) is 6.57. The number of rotatable bonds is 3. The molecule has 2 bridgehead atoms. The molecule has 106 valence electrons. The topological polar surface area (TPSA) is 40.5 Å². The Labute approximate surface area is 119 Å². The summed E-state index contributed by atoms with van der Waals surface area (Å²) in [5.41, 5.74) is 0.807. The number of benzene rings is 1. The van der Waals surface area contributed by atoms with Gasteiger partial charge in [0.05, 0.1) is 6.04 Å². The largest absolute Gasteiger partial charge is 0.508 e. The number of hydrogen-bond donors (Lipinski definition) is 1. The third-order valence-electron chi connectivity index (χ3n) is 4.91. The zero-order chi connectivity index (χ0) is 14.3. The molecule has 20 heavy (non-hydrogen) atoms. The molecule has 0 radical (unpaired) electrons. The first kappa shape index (κ1) is 13.2. The molecule has 1 N–H and O–H groups in total. The minimum Gasteiger partial charge on any atom is -0.508 e. The van der Waals surface area contributed by atoms with E-state index in [2.05, 4.69) is 12.2 Å². The van der Waals surface area contributed by atoms with Crippen LogP contribution in [-0.4, -0.2) is 23.0 Å². The van der Waals surface area contributed by atoms with Crippen LogP contribution in [0.3, 0.4) is 0 Å². The Morgan fingerprint density at radius 2 is 2.05 bits per heavy atom. The third kappa shape index (κ3) is 2.11. The van der Waals surface area contributed by atoms with Crippen LogP contribution >= 0.6 is 0 Å². The van der Waals surface area contributed by atoms with Gasteiger partial charge in [-0.15, -0.1) is 0 Å². The van der Waals surface area contributed by atoms with E-state index in [-0.39, 0.29) is 23.6 Å². The number of carbonyl (C=O) groups is 1. The molecule has 0 aromatic heterocycles. The van der Waals surface area contributed by atoms with Crippen LogP contribution in [-0.2, 0) is 4.79 Å². The van der Waals surface area contributed by atoms with Gasteiger partial charge in [0, 0.05) is 18.5 Å². The van der Waals surface area contributed by atoms with Crippen molar-refractivity contribution in [3.05, 3.63) is 42.0 Å². The average Bonchev–Trinajstić information content (AvgIpc) is 3.08. The van der Waals surface area contributed by atoms with Crippen molar-refractivity contribution in [2.75, 3.05) is 7.05 Å². The Morgan fingerprint density at radius 3 is 2.65 bits per heavy atom. The maximum Gasteiger partial charge on any atom is 0.226 e. The molecular formula is C17H21NO2. The number of fused-ring (bicyclic) bond motifs is 2.